The van der Waals surface area contributed by atoms with Gasteiger partial charge in [-0.2, -0.15) is 0 Å². The van der Waals surface area contributed by atoms with E-state index in [1.165, 1.54) is 0 Å². The van der Waals surface area contributed by atoms with Gasteiger partial charge in [0, 0.05) is 27.7 Å². The number of nitrogens with zero attached hydrogens (tertiary/aromatic N) is 1. The van der Waals surface area contributed by atoms with Crippen LogP contribution in [0.2, 0.25) is 0 Å². The maximum Gasteiger partial charge on any atom is 0.153 e. The predicted molar refractivity (Wildman–Crippen MR) is 107 cm³/mol. The molecule has 5 rings (SSSR count). The first-order chi connectivity index (χ1) is 12.9. The Morgan fingerprint density at radius 2 is 1.46 bits per heavy atom. The van der Waals surface area contributed by atoms with E-state index in [0.717, 1.165) is 44.6 Å². The van der Waals surface area contributed by atoms with Gasteiger partial charge in [-0.15, -0.1) is 0 Å². The minimum atomic E-state index is 0.813. The van der Waals surface area contributed by atoms with Crippen LogP contribution in [0.5, 0.6) is 0 Å². The van der Waals surface area contributed by atoms with Crippen LogP contribution in [0.4, 0.5) is 11.4 Å². The molecule has 3 nitrogen and oxygen atoms in total. The number of nitrogens with one attached hydrogen (secondary N) is 1. The minimum Gasteiger partial charge on any atom is -0.454 e. The average molecular weight is 336 g/mol. The molecule has 0 fully saturated rings. The third-order valence-corrected chi connectivity index (χ3v) is 4.49. The van der Waals surface area contributed by atoms with Crippen molar-refractivity contribution in [1.82, 2.24) is 4.98 Å². The second-order valence-corrected chi connectivity index (χ2v) is 6.24. The van der Waals surface area contributed by atoms with Crippen molar-refractivity contribution < 1.29 is 4.42 Å². The Morgan fingerprint density at radius 1 is 0.654 bits per heavy atom. The van der Waals surface area contributed by atoms with Gasteiger partial charge in [-0.05, 0) is 36.4 Å². The number of rotatable bonds is 3. The summed E-state index contributed by atoms with van der Waals surface area (Å²) in [4.78, 5) is 4.60. The van der Waals surface area contributed by atoms with Crippen molar-refractivity contribution >= 4 is 33.3 Å². The van der Waals surface area contributed by atoms with Gasteiger partial charge in [0.2, 0.25) is 0 Å². The molecule has 0 aliphatic carbocycles. The lowest BCUT2D eigenvalue weighted by Gasteiger charge is -2.08. The number of fused-ring (bicyclic) bond motifs is 3. The van der Waals surface area contributed by atoms with Crippen LogP contribution in [0.1, 0.15) is 0 Å². The van der Waals surface area contributed by atoms with E-state index in [1.807, 2.05) is 48.7 Å². The van der Waals surface area contributed by atoms with Crippen LogP contribution >= 0.6 is 0 Å². The van der Waals surface area contributed by atoms with Crippen molar-refractivity contribution in [2.24, 2.45) is 0 Å². The van der Waals surface area contributed by atoms with Crippen LogP contribution < -0.4 is 5.32 Å². The molecule has 3 heteroatoms. The van der Waals surface area contributed by atoms with Crippen LogP contribution in [-0.2, 0) is 0 Å². The highest BCUT2D eigenvalue weighted by atomic mass is 16.3. The molecule has 0 aliphatic rings. The summed E-state index contributed by atoms with van der Waals surface area (Å²) in [6.07, 6.45) is 1.81. The molecule has 2 heterocycles. The number of furan rings is 1. The number of hydrogen-bond donors (Lipinski definition) is 1. The quantitative estimate of drug-likeness (QED) is 0.415. The van der Waals surface area contributed by atoms with Crippen LogP contribution in [0.3, 0.4) is 0 Å². The largest absolute Gasteiger partial charge is 0.454 e. The van der Waals surface area contributed by atoms with E-state index >= 15 is 0 Å². The topological polar surface area (TPSA) is 38.1 Å². The first kappa shape index (κ1) is 14.7. The highest BCUT2D eigenvalue weighted by Gasteiger charge is 2.09. The summed E-state index contributed by atoms with van der Waals surface area (Å²) in [7, 11) is 0. The van der Waals surface area contributed by atoms with Crippen LogP contribution in [0, 0.1) is 0 Å². The fourth-order valence-electron chi connectivity index (χ4n) is 3.23. The standard InChI is InChI=1S/C23H16N2O/c1-2-8-17(9-3-1)25-18-10-6-7-16(13-18)21-14-20-19-11-4-5-12-22(19)26-23(20)15-24-21/h1-15,25H. The zero-order valence-electron chi connectivity index (χ0n) is 14.0. The first-order valence-electron chi connectivity index (χ1n) is 8.57. The van der Waals surface area contributed by atoms with Crippen LogP contribution in [0.15, 0.2) is 95.5 Å². The molecule has 0 saturated heterocycles. The lowest BCUT2D eigenvalue weighted by atomic mass is 10.1. The van der Waals surface area contributed by atoms with Gasteiger partial charge in [-0.3, -0.25) is 4.98 Å². The van der Waals surface area contributed by atoms with E-state index in [0.29, 0.717) is 0 Å². The fourth-order valence-corrected chi connectivity index (χ4v) is 3.23. The first-order valence-corrected chi connectivity index (χ1v) is 8.57. The Morgan fingerprint density at radius 3 is 2.38 bits per heavy atom. The second-order valence-electron chi connectivity index (χ2n) is 6.24. The van der Waals surface area contributed by atoms with Crippen molar-refractivity contribution in [3.63, 3.8) is 0 Å². The van der Waals surface area contributed by atoms with Crippen molar-refractivity contribution in [1.29, 1.82) is 0 Å². The van der Waals surface area contributed by atoms with Gasteiger partial charge in [-0.1, -0.05) is 48.5 Å². The number of benzene rings is 3. The Hall–Kier alpha value is -3.59. The third kappa shape index (κ3) is 2.60. The summed E-state index contributed by atoms with van der Waals surface area (Å²) in [6.45, 7) is 0. The summed E-state index contributed by atoms with van der Waals surface area (Å²) in [5.74, 6) is 0. The minimum absolute atomic E-state index is 0.813. The lowest BCUT2D eigenvalue weighted by Crippen LogP contribution is -1.90. The molecule has 0 bridgehead atoms. The predicted octanol–water partition coefficient (Wildman–Crippen LogP) is 6.39. The second kappa shape index (κ2) is 6.05. The Balaban J connectivity index is 1.57. The number of aromatic nitrogens is 1. The molecule has 5 aromatic rings. The molecule has 1 N–H and O–H groups in total. The molecule has 124 valence electrons. The molecule has 0 amide bonds. The molecule has 0 spiro atoms. The molecule has 0 unspecified atom stereocenters. The molecule has 0 radical (unpaired) electrons. The molecule has 3 aromatic carbocycles. The van der Waals surface area contributed by atoms with Gasteiger partial charge in [0.25, 0.3) is 0 Å². The van der Waals surface area contributed by atoms with E-state index in [1.54, 1.807) is 0 Å². The van der Waals surface area contributed by atoms with E-state index in [9.17, 15) is 0 Å². The van der Waals surface area contributed by atoms with Crippen molar-refractivity contribution in [2.45, 2.75) is 0 Å². The highest BCUT2D eigenvalue weighted by molar-refractivity contribution is 6.05. The van der Waals surface area contributed by atoms with E-state index in [4.69, 9.17) is 4.42 Å². The summed E-state index contributed by atoms with van der Waals surface area (Å²) in [6, 6.07) is 28.6. The van der Waals surface area contributed by atoms with Gasteiger partial charge in [0.1, 0.15) is 5.58 Å². The molecule has 2 aromatic heterocycles. The number of hydrogen-bond acceptors (Lipinski definition) is 3. The maximum absolute atomic E-state index is 5.87. The van der Waals surface area contributed by atoms with E-state index < -0.39 is 0 Å². The normalized spacial score (nSPS) is 11.1. The van der Waals surface area contributed by atoms with Gasteiger partial charge < -0.3 is 9.73 Å². The lowest BCUT2D eigenvalue weighted by molar-refractivity contribution is 0.667. The van der Waals surface area contributed by atoms with Crippen LogP contribution in [0.25, 0.3) is 33.2 Å². The number of anilines is 2. The third-order valence-electron chi connectivity index (χ3n) is 4.49. The molecular weight excluding hydrogens is 320 g/mol. The number of pyridine rings is 1. The molecule has 0 aliphatic heterocycles. The molecular formula is C23H16N2O. The Bertz CT molecular complexity index is 1210. The Labute approximate surface area is 150 Å². The Kier molecular flexibility index (Phi) is 3.42. The summed E-state index contributed by atoms with van der Waals surface area (Å²) in [5.41, 5.74) is 5.80. The van der Waals surface area contributed by atoms with Gasteiger partial charge in [-0.25, -0.2) is 0 Å². The molecule has 26 heavy (non-hydrogen) atoms. The maximum atomic E-state index is 5.87. The van der Waals surface area contributed by atoms with Crippen molar-refractivity contribution in [3.05, 3.63) is 91.1 Å². The molecule has 0 saturated carbocycles. The van der Waals surface area contributed by atoms with E-state index in [-0.39, 0.29) is 0 Å². The average Bonchev–Trinajstić information content (AvgIpc) is 3.07. The van der Waals surface area contributed by atoms with Gasteiger partial charge in [0.15, 0.2) is 5.58 Å². The highest BCUT2D eigenvalue weighted by Crippen LogP contribution is 2.31. The zero-order valence-corrected chi connectivity index (χ0v) is 14.0. The van der Waals surface area contributed by atoms with E-state index in [2.05, 4.69) is 52.8 Å². The smallest absolute Gasteiger partial charge is 0.153 e. The fraction of sp³-hybridized carbons (Fsp3) is 0. The number of para-hydroxylation sites is 2. The van der Waals surface area contributed by atoms with Gasteiger partial charge >= 0.3 is 0 Å². The summed E-state index contributed by atoms with van der Waals surface area (Å²) < 4.78 is 5.87. The monoisotopic (exact) mass is 336 g/mol. The zero-order chi connectivity index (χ0) is 17.3. The molecule has 0 atom stereocenters. The SMILES string of the molecule is c1ccc(Nc2cccc(-c3cc4c(cn3)oc3ccccc34)c2)cc1. The van der Waals surface area contributed by atoms with Crippen LogP contribution in [-0.4, -0.2) is 4.98 Å². The van der Waals surface area contributed by atoms with Crippen molar-refractivity contribution in [2.75, 3.05) is 5.32 Å². The van der Waals surface area contributed by atoms with Crippen molar-refractivity contribution in [3.8, 4) is 11.3 Å². The summed E-state index contributed by atoms with van der Waals surface area (Å²) >= 11 is 0. The van der Waals surface area contributed by atoms with Gasteiger partial charge in [0.05, 0.1) is 11.9 Å². The summed E-state index contributed by atoms with van der Waals surface area (Å²) in [5, 5.41) is 5.63.